The largest absolute Gasteiger partial charge is 0.0651 e. The topological polar surface area (TPSA) is 0 Å². The van der Waals surface area contributed by atoms with E-state index in [0.29, 0.717) is 5.92 Å². The third kappa shape index (κ3) is 1.35. The van der Waals surface area contributed by atoms with Gasteiger partial charge in [-0.3, -0.25) is 0 Å². The van der Waals surface area contributed by atoms with Crippen LogP contribution >= 0.6 is 0 Å². The van der Waals surface area contributed by atoms with Gasteiger partial charge in [-0.1, -0.05) is 31.4 Å². The van der Waals surface area contributed by atoms with Crippen molar-refractivity contribution in [2.75, 3.05) is 0 Å². The van der Waals surface area contributed by atoms with Crippen LogP contribution in [-0.4, -0.2) is 0 Å². The summed E-state index contributed by atoms with van der Waals surface area (Å²) < 4.78 is 0. The molecule has 0 aromatic carbocycles. The lowest BCUT2D eigenvalue weighted by molar-refractivity contribution is 0.806. The smallest absolute Gasteiger partial charge is 0.00152 e. The normalized spacial score (nSPS) is 24.2. The second-order valence-corrected chi connectivity index (χ2v) is 3.94. The molecular weight excluding hydrogens is 144 g/mol. The molecule has 0 saturated carbocycles. The van der Waals surface area contributed by atoms with Gasteiger partial charge in [0.2, 0.25) is 0 Å². The van der Waals surface area contributed by atoms with Gasteiger partial charge >= 0.3 is 0 Å². The molecule has 0 aromatic rings. The molecule has 0 aromatic heterocycles. The quantitative estimate of drug-likeness (QED) is 0.576. The molecule has 0 unspecified atom stereocenters. The molecule has 0 heteroatoms. The number of rotatable bonds is 2. The Hall–Kier alpha value is -0.520. The summed E-state index contributed by atoms with van der Waals surface area (Å²) in [6.45, 7) is 11.4. The maximum Gasteiger partial charge on any atom is -0.00152 e. The molecule has 0 amide bonds. The summed E-state index contributed by atoms with van der Waals surface area (Å²) in [5.41, 5.74) is 6.37. The SMILES string of the molecule is CCCC1=C(C)[C@@H](C)C(C)=C1C. The molecule has 0 heterocycles. The summed E-state index contributed by atoms with van der Waals surface area (Å²) >= 11 is 0. The molecule has 0 bridgehead atoms. The summed E-state index contributed by atoms with van der Waals surface area (Å²) in [5, 5.41) is 0. The van der Waals surface area contributed by atoms with Crippen LogP contribution in [0.1, 0.15) is 47.5 Å². The minimum Gasteiger partial charge on any atom is -0.0651 e. The maximum atomic E-state index is 2.32. The van der Waals surface area contributed by atoms with Crippen LogP contribution in [0.25, 0.3) is 0 Å². The highest BCUT2D eigenvalue weighted by atomic mass is 14.3. The molecule has 1 atom stereocenters. The Bertz CT molecular complexity index is 241. The van der Waals surface area contributed by atoms with Gasteiger partial charge in [-0.05, 0) is 44.3 Å². The molecule has 1 aliphatic carbocycles. The first kappa shape index (κ1) is 9.57. The van der Waals surface area contributed by atoms with Crippen LogP contribution in [0.3, 0.4) is 0 Å². The highest BCUT2D eigenvalue weighted by molar-refractivity contribution is 5.46. The number of allylic oxidation sites excluding steroid dienone is 4. The molecule has 0 aliphatic heterocycles. The Morgan fingerprint density at radius 3 is 2.00 bits per heavy atom. The van der Waals surface area contributed by atoms with Crippen molar-refractivity contribution < 1.29 is 0 Å². The van der Waals surface area contributed by atoms with Gasteiger partial charge in [-0.25, -0.2) is 0 Å². The van der Waals surface area contributed by atoms with Crippen molar-refractivity contribution in [1.82, 2.24) is 0 Å². The summed E-state index contributed by atoms with van der Waals surface area (Å²) in [7, 11) is 0. The Kier molecular flexibility index (Phi) is 2.76. The maximum absolute atomic E-state index is 2.32. The fraction of sp³-hybridized carbons (Fsp3) is 0.667. The third-order valence-corrected chi connectivity index (χ3v) is 3.32. The molecule has 0 nitrogen and oxygen atoms in total. The summed E-state index contributed by atoms with van der Waals surface area (Å²) in [6.07, 6.45) is 2.53. The summed E-state index contributed by atoms with van der Waals surface area (Å²) in [5.74, 6) is 0.701. The van der Waals surface area contributed by atoms with E-state index < -0.39 is 0 Å². The van der Waals surface area contributed by atoms with Crippen molar-refractivity contribution in [2.24, 2.45) is 5.92 Å². The lowest BCUT2D eigenvalue weighted by Gasteiger charge is -2.06. The summed E-state index contributed by atoms with van der Waals surface area (Å²) in [4.78, 5) is 0. The molecule has 0 saturated heterocycles. The van der Waals surface area contributed by atoms with E-state index in [1.165, 1.54) is 12.8 Å². The van der Waals surface area contributed by atoms with Crippen LogP contribution in [0.2, 0.25) is 0 Å². The predicted octanol–water partition coefficient (Wildman–Crippen LogP) is 4.09. The van der Waals surface area contributed by atoms with Gasteiger partial charge in [0, 0.05) is 0 Å². The fourth-order valence-electron chi connectivity index (χ4n) is 2.08. The van der Waals surface area contributed by atoms with Crippen LogP contribution < -0.4 is 0 Å². The van der Waals surface area contributed by atoms with Gasteiger partial charge in [0.1, 0.15) is 0 Å². The lowest BCUT2D eigenvalue weighted by atomic mass is 9.99. The molecule has 1 rings (SSSR count). The van der Waals surface area contributed by atoms with E-state index in [9.17, 15) is 0 Å². The predicted molar refractivity (Wildman–Crippen MR) is 55.1 cm³/mol. The molecular formula is C12H20. The zero-order valence-corrected chi connectivity index (χ0v) is 8.99. The second kappa shape index (κ2) is 3.47. The van der Waals surface area contributed by atoms with Crippen LogP contribution in [0.5, 0.6) is 0 Å². The van der Waals surface area contributed by atoms with E-state index in [-0.39, 0.29) is 0 Å². The molecule has 0 radical (unpaired) electrons. The average molecular weight is 164 g/mol. The molecule has 68 valence electrons. The van der Waals surface area contributed by atoms with E-state index in [0.717, 1.165) is 0 Å². The zero-order valence-electron chi connectivity index (χ0n) is 8.99. The van der Waals surface area contributed by atoms with E-state index in [1.54, 1.807) is 22.3 Å². The Labute approximate surface area is 76.4 Å². The van der Waals surface area contributed by atoms with Crippen molar-refractivity contribution in [3.63, 3.8) is 0 Å². The van der Waals surface area contributed by atoms with Crippen LogP contribution in [0.4, 0.5) is 0 Å². The van der Waals surface area contributed by atoms with E-state index in [4.69, 9.17) is 0 Å². The molecule has 0 spiro atoms. The highest BCUT2D eigenvalue weighted by Gasteiger charge is 2.21. The molecule has 0 fully saturated rings. The van der Waals surface area contributed by atoms with Gasteiger partial charge in [0.25, 0.3) is 0 Å². The van der Waals surface area contributed by atoms with Gasteiger partial charge in [-0.2, -0.15) is 0 Å². The van der Waals surface area contributed by atoms with E-state index in [1.807, 2.05) is 0 Å². The first-order valence-electron chi connectivity index (χ1n) is 4.97. The van der Waals surface area contributed by atoms with Gasteiger partial charge < -0.3 is 0 Å². The molecule has 1 aliphatic rings. The number of hydrogen-bond donors (Lipinski definition) is 0. The standard InChI is InChI=1S/C12H20/c1-6-7-12-10(4)8(2)9(3)11(12)5/h8H,6-7H2,1-5H3/t8-/m0/s1. The van der Waals surface area contributed by atoms with E-state index in [2.05, 4.69) is 34.6 Å². The Morgan fingerprint density at radius 1 is 1.08 bits per heavy atom. The van der Waals surface area contributed by atoms with Gasteiger partial charge in [0.15, 0.2) is 0 Å². The van der Waals surface area contributed by atoms with Gasteiger partial charge in [-0.15, -0.1) is 0 Å². The Balaban J connectivity index is 2.96. The average Bonchev–Trinajstić information content (AvgIpc) is 2.23. The molecule has 0 N–H and O–H groups in total. The highest BCUT2D eigenvalue weighted by Crippen LogP contribution is 2.38. The van der Waals surface area contributed by atoms with Crippen molar-refractivity contribution in [3.8, 4) is 0 Å². The van der Waals surface area contributed by atoms with Crippen molar-refractivity contribution in [2.45, 2.75) is 47.5 Å². The minimum absolute atomic E-state index is 0.701. The van der Waals surface area contributed by atoms with Gasteiger partial charge in [0.05, 0.1) is 0 Å². The molecule has 12 heavy (non-hydrogen) atoms. The third-order valence-electron chi connectivity index (χ3n) is 3.32. The minimum atomic E-state index is 0.701. The van der Waals surface area contributed by atoms with Crippen LogP contribution in [0, 0.1) is 5.92 Å². The van der Waals surface area contributed by atoms with Crippen molar-refractivity contribution >= 4 is 0 Å². The summed E-state index contributed by atoms with van der Waals surface area (Å²) in [6, 6.07) is 0. The fourth-order valence-corrected chi connectivity index (χ4v) is 2.08. The Morgan fingerprint density at radius 2 is 1.67 bits per heavy atom. The monoisotopic (exact) mass is 164 g/mol. The van der Waals surface area contributed by atoms with Crippen LogP contribution in [-0.2, 0) is 0 Å². The van der Waals surface area contributed by atoms with Crippen molar-refractivity contribution in [1.29, 1.82) is 0 Å². The number of hydrogen-bond acceptors (Lipinski definition) is 0. The first-order chi connectivity index (χ1) is 5.59. The van der Waals surface area contributed by atoms with Crippen molar-refractivity contribution in [3.05, 3.63) is 22.3 Å². The van der Waals surface area contributed by atoms with E-state index >= 15 is 0 Å². The second-order valence-electron chi connectivity index (χ2n) is 3.94. The lowest BCUT2D eigenvalue weighted by Crippen LogP contribution is -1.92. The first-order valence-corrected chi connectivity index (χ1v) is 4.97. The van der Waals surface area contributed by atoms with Crippen LogP contribution in [0.15, 0.2) is 22.3 Å². The zero-order chi connectivity index (χ0) is 9.30.